The molecule has 2 amide bonds. The Morgan fingerprint density at radius 3 is 2.50 bits per heavy atom. The molecule has 0 bridgehead atoms. The second-order valence-corrected chi connectivity index (χ2v) is 8.80. The van der Waals surface area contributed by atoms with Gasteiger partial charge in [0.2, 0.25) is 5.91 Å². The van der Waals surface area contributed by atoms with Crippen LogP contribution in [-0.4, -0.2) is 61.1 Å². The van der Waals surface area contributed by atoms with Crippen LogP contribution in [0.1, 0.15) is 45.2 Å². The lowest BCUT2D eigenvalue weighted by Crippen LogP contribution is -2.45. The molecular formula is C19H31N3O3S. The molecule has 6 nitrogen and oxygen atoms in total. The minimum atomic E-state index is -0.492. The third kappa shape index (κ3) is 5.99. The lowest BCUT2D eigenvalue weighted by atomic mass is 9.96. The quantitative estimate of drug-likeness (QED) is 0.851. The number of nitrogens with zero attached hydrogens (tertiary/aromatic N) is 2. The number of carbonyl (C=O) groups is 2. The summed E-state index contributed by atoms with van der Waals surface area (Å²) in [6.07, 6.45) is 1.06. The normalized spacial score (nSPS) is 17.2. The van der Waals surface area contributed by atoms with Crippen LogP contribution in [0.4, 0.5) is 4.79 Å². The molecule has 1 fully saturated rings. The summed E-state index contributed by atoms with van der Waals surface area (Å²) in [6, 6.07) is 2.27. The van der Waals surface area contributed by atoms with Crippen molar-refractivity contribution in [3.63, 3.8) is 0 Å². The van der Waals surface area contributed by atoms with E-state index in [2.05, 4.69) is 27.0 Å². The summed E-state index contributed by atoms with van der Waals surface area (Å²) in [5.41, 5.74) is 0.730. The highest BCUT2D eigenvalue weighted by molar-refractivity contribution is 7.07. The number of likely N-dealkylation sites (N-methyl/N-ethyl adjacent to an activating group) is 1. The fourth-order valence-corrected chi connectivity index (χ4v) is 3.76. The lowest BCUT2D eigenvalue weighted by molar-refractivity contribution is -0.126. The zero-order valence-corrected chi connectivity index (χ0v) is 17.3. The van der Waals surface area contributed by atoms with Crippen molar-refractivity contribution >= 4 is 23.3 Å². The third-order valence-electron chi connectivity index (χ3n) is 4.54. The van der Waals surface area contributed by atoms with Crippen molar-refractivity contribution in [2.45, 2.75) is 45.3 Å². The first-order valence-electron chi connectivity index (χ1n) is 9.11. The van der Waals surface area contributed by atoms with Crippen molar-refractivity contribution < 1.29 is 14.3 Å². The third-order valence-corrected chi connectivity index (χ3v) is 5.24. The van der Waals surface area contributed by atoms with E-state index in [1.165, 1.54) is 5.56 Å². The molecule has 26 heavy (non-hydrogen) atoms. The monoisotopic (exact) mass is 381 g/mol. The van der Waals surface area contributed by atoms with Crippen molar-refractivity contribution in [1.82, 2.24) is 15.1 Å². The van der Waals surface area contributed by atoms with Gasteiger partial charge in [0, 0.05) is 25.6 Å². The number of carbonyl (C=O) groups excluding carboxylic acids is 2. The summed E-state index contributed by atoms with van der Waals surface area (Å²) in [5.74, 6) is 0.0369. The number of piperidine rings is 1. The molecule has 2 heterocycles. The fraction of sp³-hybridized carbons (Fsp3) is 0.684. The van der Waals surface area contributed by atoms with Gasteiger partial charge in [-0.2, -0.15) is 11.3 Å². The highest BCUT2D eigenvalue weighted by atomic mass is 32.1. The Kier molecular flexibility index (Phi) is 7.06. The molecule has 0 unspecified atom stereocenters. The van der Waals surface area contributed by atoms with Crippen LogP contribution in [0.2, 0.25) is 0 Å². The van der Waals surface area contributed by atoms with Gasteiger partial charge in [0.25, 0.3) is 0 Å². The van der Waals surface area contributed by atoms with Gasteiger partial charge in [0.1, 0.15) is 5.60 Å². The van der Waals surface area contributed by atoms with Crippen LogP contribution in [0.3, 0.4) is 0 Å². The molecule has 1 aromatic heterocycles. The van der Waals surface area contributed by atoms with E-state index in [0.29, 0.717) is 32.5 Å². The largest absolute Gasteiger partial charge is 0.444 e. The second kappa shape index (κ2) is 8.86. The molecule has 0 radical (unpaired) electrons. The van der Waals surface area contributed by atoms with Crippen LogP contribution in [0, 0.1) is 5.92 Å². The van der Waals surface area contributed by atoms with Crippen LogP contribution in [-0.2, 0) is 9.53 Å². The fourth-order valence-electron chi connectivity index (χ4n) is 3.06. The van der Waals surface area contributed by atoms with Crippen LogP contribution in [0.15, 0.2) is 16.8 Å². The highest BCUT2D eigenvalue weighted by Gasteiger charge is 2.30. The smallest absolute Gasteiger partial charge is 0.410 e. The molecule has 0 aliphatic carbocycles. The minimum absolute atomic E-state index is 0.0426. The number of thiophene rings is 1. The predicted octanol–water partition coefficient (Wildman–Crippen LogP) is 3.11. The second-order valence-electron chi connectivity index (χ2n) is 8.02. The number of amides is 2. The Bertz CT molecular complexity index is 588. The topological polar surface area (TPSA) is 61.9 Å². The van der Waals surface area contributed by atoms with E-state index < -0.39 is 5.60 Å². The Hall–Kier alpha value is -1.60. The Morgan fingerprint density at radius 1 is 1.35 bits per heavy atom. The summed E-state index contributed by atoms with van der Waals surface area (Å²) >= 11 is 1.67. The van der Waals surface area contributed by atoms with Crippen LogP contribution >= 0.6 is 11.3 Å². The van der Waals surface area contributed by atoms with Crippen LogP contribution < -0.4 is 5.32 Å². The standard InChI is InChI=1S/C19H31N3O3S/c1-19(2,3)25-18(24)22-9-6-14(7-10-22)17(23)20-12-16(21(4)5)15-8-11-26-13-15/h8,11,13-14,16H,6-7,9-10,12H2,1-5H3,(H,20,23)/t16-/m0/s1. The summed E-state index contributed by atoms with van der Waals surface area (Å²) in [7, 11) is 4.04. The molecule has 1 N–H and O–H groups in total. The van der Waals surface area contributed by atoms with Gasteiger partial charge in [-0.3, -0.25) is 4.79 Å². The van der Waals surface area contributed by atoms with Gasteiger partial charge in [-0.25, -0.2) is 4.79 Å². The Morgan fingerprint density at radius 2 is 2.00 bits per heavy atom. The zero-order chi connectivity index (χ0) is 19.3. The SMILES string of the molecule is CN(C)[C@@H](CNC(=O)C1CCN(C(=O)OC(C)(C)C)CC1)c1ccsc1. The first-order valence-corrected chi connectivity index (χ1v) is 10.1. The molecule has 146 valence electrons. The number of hydrogen-bond acceptors (Lipinski definition) is 5. The Labute approximate surface area is 160 Å². The summed E-state index contributed by atoms with van der Waals surface area (Å²) in [6.45, 7) is 7.30. The van der Waals surface area contributed by atoms with Gasteiger partial charge in [0.05, 0.1) is 6.04 Å². The molecule has 0 saturated carbocycles. The highest BCUT2D eigenvalue weighted by Crippen LogP contribution is 2.22. The maximum atomic E-state index is 12.5. The summed E-state index contributed by atoms with van der Waals surface area (Å²) in [5, 5.41) is 7.27. The van der Waals surface area contributed by atoms with Gasteiger partial charge in [-0.1, -0.05) is 0 Å². The molecule has 1 saturated heterocycles. The van der Waals surface area contributed by atoms with E-state index in [4.69, 9.17) is 4.74 Å². The number of rotatable bonds is 5. The summed E-state index contributed by atoms with van der Waals surface area (Å²) in [4.78, 5) is 28.5. The number of ether oxygens (including phenoxy) is 1. The molecule has 0 aromatic carbocycles. The lowest BCUT2D eigenvalue weighted by Gasteiger charge is -2.33. The number of likely N-dealkylation sites (tertiary alicyclic amines) is 1. The molecule has 1 atom stereocenters. The maximum absolute atomic E-state index is 12.5. The van der Waals surface area contributed by atoms with Crippen molar-refractivity contribution in [2.24, 2.45) is 5.92 Å². The van der Waals surface area contributed by atoms with Gasteiger partial charge < -0.3 is 19.9 Å². The number of hydrogen-bond donors (Lipinski definition) is 1. The molecule has 2 rings (SSSR count). The molecule has 7 heteroatoms. The van der Waals surface area contributed by atoms with Crippen molar-refractivity contribution in [1.29, 1.82) is 0 Å². The molecule has 0 spiro atoms. The van der Waals surface area contributed by atoms with E-state index in [9.17, 15) is 9.59 Å². The van der Waals surface area contributed by atoms with Crippen molar-refractivity contribution in [3.05, 3.63) is 22.4 Å². The van der Waals surface area contributed by atoms with Crippen LogP contribution in [0.25, 0.3) is 0 Å². The predicted molar refractivity (Wildman–Crippen MR) is 104 cm³/mol. The van der Waals surface area contributed by atoms with Gasteiger partial charge in [-0.05, 0) is 70.1 Å². The van der Waals surface area contributed by atoms with Gasteiger partial charge in [-0.15, -0.1) is 0 Å². The first kappa shape index (κ1) is 20.7. The van der Waals surface area contributed by atoms with E-state index >= 15 is 0 Å². The van der Waals surface area contributed by atoms with Gasteiger partial charge >= 0.3 is 6.09 Å². The molecule has 1 aliphatic rings. The van der Waals surface area contributed by atoms with Crippen molar-refractivity contribution in [2.75, 3.05) is 33.7 Å². The van der Waals surface area contributed by atoms with Gasteiger partial charge in [0.15, 0.2) is 0 Å². The van der Waals surface area contributed by atoms with Crippen LogP contribution in [0.5, 0.6) is 0 Å². The molecule has 1 aromatic rings. The van der Waals surface area contributed by atoms with E-state index in [1.807, 2.05) is 34.9 Å². The molecular weight excluding hydrogens is 350 g/mol. The average molecular weight is 382 g/mol. The Balaban J connectivity index is 1.80. The van der Waals surface area contributed by atoms with E-state index in [0.717, 1.165) is 0 Å². The van der Waals surface area contributed by atoms with Crippen molar-refractivity contribution in [3.8, 4) is 0 Å². The van der Waals surface area contributed by atoms with E-state index in [1.54, 1.807) is 16.2 Å². The first-order chi connectivity index (χ1) is 12.2. The van der Waals surface area contributed by atoms with E-state index in [-0.39, 0.29) is 24.0 Å². The average Bonchev–Trinajstić information content (AvgIpc) is 3.07. The zero-order valence-electron chi connectivity index (χ0n) is 16.4. The molecule has 1 aliphatic heterocycles. The number of nitrogens with one attached hydrogen (secondary N) is 1. The minimum Gasteiger partial charge on any atom is -0.444 e. The summed E-state index contributed by atoms with van der Waals surface area (Å²) < 4.78 is 5.40. The maximum Gasteiger partial charge on any atom is 0.410 e.